The van der Waals surface area contributed by atoms with E-state index in [1.54, 1.807) is 6.07 Å². The molecule has 0 atom stereocenters. The van der Waals surface area contributed by atoms with Crippen molar-refractivity contribution >= 4 is 34.2 Å². The Labute approximate surface area is 120 Å². The minimum Gasteiger partial charge on any atom is -0.507 e. The molecule has 1 heterocycles. The van der Waals surface area contributed by atoms with Gasteiger partial charge in [0.1, 0.15) is 5.75 Å². The molecule has 4 nitrogen and oxygen atoms in total. The number of hydrogen-bond acceptors (Lipinski definition) is 3. The second-order valence-corrected chi connectivity index (χ2v) is 4.83. The van der Waals surface area contributed by atoms with Crippen LogP contribution in [0.1, 0.15) is 10.4 Å². The lowest BCUT2D eigenvalue weighted by Crippen LogP contribution is -2.14. The summed E-state index contributed by atoms with van der Waals surface area (Å²) in [5, 5.41) is 11.8. The molecular weight excluding hydrogens is 369 g/mol. The first kappa shape index (κ1) is 13.7. The third-order valence-electron chi connectivity index (χ3n) is 2.27. The number of pyridine rings is 1. The molecule has 0 unspecified atom stereocenters. The zero-order chi connectivity index (χ0) is 14.0. The number of carbonyl (C=O) groups excluding carboxylic acids is 1. The molecule has 0 radical (unpaired) electrons. The first-order valence-corrected chi connectivity index (χ1v) is 6.17. The quantitative estimate of drug-likeness (QED) is 0.626. The number of carbonyl (C=O) groups is 1. The van der Waals surface area contributed by atoms with Crippen LogP contribution in [0.5, 0.6) is 5.75 Å². The van der Waals surface area contributed by atoms with Gasteiger partial charge in [0.15, 0.2) is 0 Å². The number of hydrogen-bond donors (Lipinski definition) is 2. The number of phenols is 1. The summed E-state index contributed by atoms with van der Waals surface area (Å²) in [6, 6.07) is 6.40. The monoisotopic (exact) mass is 376 g/mol. The first-order valence-electron chi connectivity index (χ1n) is 5.09. The molecule has 1 amide bonds. The SMILES string of the molecule is O=C(Nc1ccc(F)nc1F)c1cc(I)ccc1O. The summed E-state index contributed by atoms with van der Waals surface area (Å²) in [5.41, 5.74) is -0.264. The van der Waals surface area contributed by atoms with E-state index in [2.05, 4.69) is 10.3 Å². The van der Waals surface area contributed by atoms with Crippen molar-refractivity contribution in [3.05, 3.63) is 51.4 Å². The van der Waals surface area contributed by atoms with Gasteiger partial charge >= 0.3 is 0 Å². The van der Waals surface area contributed by atoms with Crippen molar-refractivity contribution in [2.24, 2.45) is 0 Å². The number of aromatic nitrogens is 1. The van der Waals surface area contributed by atoms with E-state index in [9.17, 15) is 18.7 Å². The van der Waals surface area contributed by atoms with E-state index in [4.69, 9.17) is 0 Å². The Kier molecular flexibility index (Phi) is 3.93. The lowest BCUT2D eigenvalue weighted by Gasteiger charge is -2.07. The Bertz CT molecular complexity index is 650. The molecule has 0 spiro atoms. The van der Waals surface area contributed by atoms with Crippen molar-refractivity contribution < 1.29 is 18.7 Å². The highest BCUT2D eigenvalue weighted by Gasteiger charge is 2.14. The van der Waals surface area contributed by atoms with E-state index < -0.39 is 17.8 Å². The van der Waals surface area contributed by atoms with Crippen LogP contribution in [0.4, 0.5) is 14.5 Å². The fourth-order valence-corrected chi connectivity index (χ4v) is 1.88. The predicted molar refractivity (Wildman–Crippen MR) is 72.9 cm³/mol. The van der Waals surface area contributed by atoms with Gasteiger partial charge in [0.25, 0.3) is 5.91 Å². The molecule has 2 aromatic rings. The van der Waals surface area contributed by atoms with Crippen LogP contribution in [-0.2, 0) is 0 Å². The van der Waals surface area contributed by atoms with E-state index in [-0.39, 0.29) is 17.0 Å². The fourth-order valence-electron chi connectivity index (χ4n) is 1.39. The smallest absolute Gasteiger partial charge is 0.259 e. The zero-order valence-corrected chi connectivity index (χ0v) is 11.5. The van der Waals surface area contributed by atoms with E-state index in [0.717, 1.165) is 15.7 Å². The molecule has 0 aliphatic heterocycles. The highest BCUT2D eigenvalue weighted by atomic mass is 127. The van der Waals surface area contributed by atoms with Crippen molar-refractivity contribution in [1.82, 2.24) is 4.98 Å². The molecule has 0 saturated carbocycles. The fraction of sp³-hybridized carbons (Fsp3) is 0. The summed E-state index contributed by atoms with van der Waals surface area (Å²) < 4.78 is 26.6. The van der Waals surface area contributed by atoms with Gasteiger partial charge in [-0.1, -0.05) is 0 Å². The summed E-state index contributed by atoms with van der Waals surface area (Å²) in [6.07, 6.45) is 0. The van der Waals surface area contributed by atoms with Gasteiger partial charge in [-0.3, -0.25) is 4.79 Å². The van der Waals surface area contributed by atoms with Gasteiger partial charge in [-0.2, -0.15) is 13.8 Å². The molecule has 0 aliphatic carbocycles. The average Bonchev–Trinajstić information content (AvgIpc) is 2.35. The molecule has 0 fully saturated rings. The van der Waals surface area contributed by atoms with Crippen molar-refractivity contribution in [2.75, 3.05) is 5.32 Å². The summed E-state index contributed by atoms with van der Waals surface area (Å²) in [7, 11) is 0. The summed E-state index contributed by atoms with van der Waals surface area (Å²) in [4.78, 5) is 14.8. The van der Waals surface area contributed by atoms with E-state index in [0.29, 0.717) is 0 Å². The molecule has 98 valence electrons. The molecule has 0 bridgehead atoms. The largest absolute Gasteiger partial charge is 0.507 e. The van der Waals surface area contributed by atoms with Crippen molar-refractivity contribution in [1.29, 1.82) is 0 Å². The van der Waals surface area contributed by atoms with Gasteiger partial charge in [0.2, 0.25) is 11.9 Å². The first-order chi connectivity index (χ1) is 8.97. The van der Waals surface area contributed by atoms with Crippen LogP contribution >= 0.6 is 22.6 Å². The van der Waals surface area contributed by atoms with E-state index >= 15 is 0 Å². The number of rotatable bonds is 2. The molecule has 2 rings (SSSR count). The molecule has 0 aliphatic rings. The third kappa shape index (κ3) is 3.16. The average molecular weight is 376 g/mol. The zero-order valence-electron chi connectivity index (χ0n) is 9.32. The minimum atomic E-state index is -1.13. The van der Waals surface area contributed by atoms with Crippen LogP contribution in [0, 0.1) is 15.5 Å². The van der Waals surface area contributed by atoms with Crippen molar-refractivity contribution in [2.45, 2.75) is 0 Å². The Morgan fingerprint density at radius 3 is 2.68 bits per heavy atom. The number of aromatic hydroxyl groups is 1. The highest BCUT2D eigenvalue weighted by Crippen LogP contribution is 2.21. The molecule has 19 heavy (non-hydrogen) atoms. The second kappa shape index (κ2) is 5.47. The topological polar surface area (TPSA) is 62.2 Å². The molecule has 0 saturated heterocycles. The number of nitrogens with zero attached hydrogens (tertiary/aromatic N) is 1. The Balaban J connectivity index is 2.28. The van der Waals surface area contributed by atoms with E-state index in [1.165, 1.54) is 12.1 Å². The van der Waals surface area contributed by atoms with Gasteiger partial charge < -0.3 is 10.4 Å². The molecule has 2 N–H and O–H groups in total. The van der Waals surface area contributed by atoms with Crippen LogP contribution in [0.25, 0.3) is 0 Å². The van der Waals surface area contributed by atoms with Crippen molar-refractivity contribution in [3.8, 4) is 5.75 Å². The Morgan fingerprint density at radius 2 is 2.00 bits per heavy atom. The lowest BCUT2D eigenvalue weighted by molar-refractivity contribution is 0.102. The maximum Gasteiger partial charge on any atom is 0.259 e. The normalized spacial score (nSPS) is 10.3. The lowest BCUT2D eigenvalue weighted by atomic mass is 10.2. The van der Waals surface area contributed by atoms with Gasteiger partial charge in [0.05, 0.1) is 11.3 Å². The highest BCUT2D eigenvalue weighted by molar-refractivity contribution is 14.1. The standard InChI is InChI=1S/C12H7F2IN2O2/c13-10-4-2-8(11(14)17-10)16-12(19)7-5-6(15)1-3-9(7)18/h1-5,18H,(H,16,19). The number of benzene rings is 1. The van der Waals surface area contributed by atoms with Crippen LogP contribution < -0.4 is 5.32 Å². The van der Waals surface area contributed by atoms with Gasteiger partial charge in [-0.15, -0.1) is 0 Å². The maximum absolute atomic E-state index is 13.3. The van der Waals surface area contributed by atoms with Crippen LogP contribution in [0.3, 0.4) is 0 Å². The number of amides is 1. The molecule has 1 aromatic carbocycles. The Hall–Kier alpha value is -1.77. The van der Waals surface area contributed by atoms with Gasteiger partial charge in [-0.05, 0) is 52.9 Å². The summed E-state index contributed by atoms with van der Waals surface area (Å²) in [5.74, 6) is -3.04. The third-order valence-corrected chi connectivity index (χ3v) is 2.94. The predicted octanol–water partition coefficient (Wildman–Crippen LogP) is 2.92. The van der Waals surface area contributed by atoms with Crippen LogP contribution in [0.2, 0.25) is 0 Å². The number of halogens is 3. The summed E-state index contributed by atoms with van der Waals surface area (Å²) in [6.45, 7) is 0. The molecule has 7 heteroatoms. The minimum absolute atomic E-state index is 0.00405. The maximum atomic E-state index is 13.3. The molecular formula is C12H7F2IN2O2. The Morgan fingerprint density at radius 1 is 1.26 bits per heavy atom. The van der Waals surface area contributed by atoms with Crippen molar-refractivity contribution in [3.63, 3.8) is 0 Å². The molecule has 1 aromatic heterocycles. The number of phenolic OH excluding ortho intramolecular Hbond substituents is 1. The van der Waals surface area contributed by atoms with E-state index in [1.807, 2.05) is 22.6 Å². The van der Waals surface area contributed by atoms with Gasteiger partial charge in [-0.25, -0.2) is 0 Å². The second-order valence-electron chi connectivity index (χ2n) is 3.59. The summed E-state index contributed by atoms with van der Waals surface area (Å²) >= 11 is 1.97. The number of nitrogens with one attached hydrogen (secondary N) is 1. The van der Waals surface area contributed by atoms with Gasteiger partial charge in [0, 0.05) is 3.57 Å². The van der Waals surface area contributed by atoms with Crippen LogP contribution in [-0.4, -0.2) is 16.0 Å². The number of anilines is 1. The van der Waals surface area contributed by atoms with Crippen LogP contribution in [0.15, 0.2) is 30.3 Å².